The number of amides is 3. The first-order chi connectivity index (χ1) is 12.5. The zero-order chi connectivity index (χ0) is 18.5. The van der Waals surface area contributed by atoms with Gasteiger partial charge in [-0.1, -0.05) is 65.2 Å². The van der Waals surface area contributed by atoms with Gasteiger partial charge in [-0.05, 0) is 6.92 Å². The molecule has 0 spiro atoms. The van der Waals surface area contributed by atoms with Crippen molar-refractivity contribution in [1.29, 1.82) is 0 Å². The molecule has 1 atom stereocenters. The third kappa shape index (κ3) is 4.63. The number of carbonyl (C=O) groups excluding carboxylic acids is 3. The van der Waals surface area contributed by atoms with Crippen LogP contribution in [0.5, 0.6) is 0 Å². The number of benzene rings is 1. The quantitative estimate of drug-likeness (QED) is 0.556. The topological polar surface area (TPSA) is 92.3 Å². The number of aromatic nitrogens is 2. The SMILES string of the molecule is C[C@H](Sc1nnc(SCC(=O)c2ccccc2)s1)C(=O)N1CCNC1=O. The highest BCUT2D eigenvalue weighted by atomic mass is 32.2. The van der Waals surface area contributed by atoms with Gasteiger partial charge in [0.05, 0.1) is 11.0 Å². The van der Waals surface area contributed by atoms with E-state index < -0.39 is 5.25 Å². The van der Waals surface area contributed by atoms with Crippen LogP contribution in [0, 0.1) is 0 Å². The lowest BCUT2D eigenvalue weighted by molar-refractivity contribution is -0.126. The molecule has 1 fully saturated rings. The molecule has 0 aliphatic carbocycles. The van der Waals surface area contributed by atoms with Gasteiger partial charge in [0.2, 0.25) is 5.91 Å². The maximum Gasteiger partial charge on any atom is 0.324 e. The lowest BCUT2D eigenvalue weighted by Gasteiger charge is -2.16. The lowest BCUT2D eigenvalue weighted by atomic mass is 10.2. The number of hydrogen-bond acceptors (Lipinski definition) is 8. The molecule has 3 rings (SSSR count). The fourth-order valence-corrected chi connectivity index (χ4v) is 5.36. The zero-order valence-electron chi connectivity index (χ0n) is 13.9. The summed E-state index contributed by atoms with van der Waals surface area (Å²) in [6.45, 7) is 2.62. The minimum Gasteiger partial charge on any atom is -0.336 e. The molecule has 2 aromatic rings. The van der Waals surface area contributed by atoms with Crippen LogP contribution >= 0.6 is 34.9 Å². The maximum absolute atomic E-state index is 12.3. The summed E-state index contributed by atoms with van der Waals surface area (Å²) >= 11 is 3.93. The van der Waals surface area contributed by atoms with Gasteiger partial charge in [-0.25, -0.2) is 4.79 Å². The van der Waals surface area contributed by atoms with Crippen molar-refractivity contribution in [2.75, 3.05) is 18.8 Å². The van der Waals surface area contributed by atoms with E-state index in [2.05, 4.69) is 15.5 Å². The van der Waals surface area contributed by atoms with Gasteiger partial charge in [-0.2, -0.15) is 0 Å². The van der Waals surface area contributed by atoms with Crippen molar-refractivity contribution in [2.45, 2.75) is 20.9 Å². The van der Waals surface area contributed by atoms with Crippen molar-refractivity contribution >= 4 is 52.6 Å². The summed E-state index contributed by atoms with van der Waals surface area (Å²) < 4.78 is 1.32. The van der Waals surface area contributed by atoms with Crippen molar-refractivity contribution < 1.29 is 14.4 Å². The Kier molecular flexibility index (Phi) is 6.28. The van der Waals surface area contributed by atoms with Crippen molar-refractivity contribution in [3.05, 3.63) is 35.9 Å². The zero-order valence-corrected chi connectivity index (χ0v) is 16.3. The molecular weight excluding hydrogens is 392 g/mol. The number of thioether (sulfide) groups is 2. The van der Waals surface area contributed by atoms with Gasteiger partial charge in [0, 0.05) is 18.7 Å². The summed E-state index contributed by atoms with van der Waals surface area (Å²) in [6, 6.07) is 8.74. The van der Waals surface area contributed by atoms with E-state index in [1.54, 1.807) is 19.1 Å². The monoisotopic (exact) mass is 408 g/mol. The van der Waals surface area contributed by atoms with Crippen molar-refractivity contribution in [3.63, 3.8) is 0 Å². The Morgan fingerprint density at radius 2 is 2.00 bits per heavy atom. The second-order valence-electron chi connectivity index (χ2n) is 5.39. The normalized spacial score (nSPS) is 15.0. The number of imide groups is 1. The Labute approximate surface area is 162 Å². The fraction of sp³-hybridized carbons (Fsp3) is 0.312. The molecule has 3 amide bonds. The van der Waals surface area contributed by atoms with Crippen LogP contribution in [0.15, 0.2) is 39.0 Å². The number of carbonyl (C=O) groups is 3. The van der Waals surface area contributed by atoms with Crippen LogP contribution < -0.4 is 5.32 Å². The number of urea groups is 1. The molecule has 1 saturated heterocycles. The molecular formula is C16H16N4O3S3. The lowest BCUT2D eigenvalue weighted by Crippen LogP contribution is -2.38. The Morgan fingerprint density at radius 3 is 2.69 bits per heavy atom. The Hall–Kier alpha value is -1.91. The van der Waals surface area contributed by atoms with Crippen LogP contribution in [0.2, 0.25) is 0 Å². The van der Waals surface area contributed by atoms with Gasteiger partial charge in [-0.15, -0.1) is 10.2 Å². The van der Waals surface area contributed by atoms with E-state index in [1.165, 1.54) is 39.8 Å². The van der Waals surface area contributed by atoms with Gasteiger partial charge >= 0.3 is 6.03 Å². The van der Waals surface area contributed by atoms with Crippen LogP contribution in [0.3, 0.4) is 0 Å². The van der Waals surface area contributed by atoms with E-state index in [0.29, 0.717) is 27.3 Å². The van der Waals surface area contributed by atoms with Gasteiger partial charge in [-0.3, -0.25) is 14.5 Å². The van der Waals surface area contributed by atoms with Crippen LogP contribution in [0.1, 0.15) is 17.3 Å². The predicted octanol–water partition coefficient (Wildman–Crippen LogP) is 2.55. The molecule has 1 aliphatic heterocycles. The number of rotatable bonds is 7. The molecule has 0 unspecified atom stereocenters. The second kappa shape index (κ2) is 8.65. The summed E-state index contributed by atoms with van der Waals surface area (Å²) in [6.07, 6.45) is 0. The van der Waals surface area contributed by atoms with E-state index in [0.717, 1.165) is 0 Å². The van der Waals surface area contributed by atoms with Gasteiger partial charge in [0.15, 0.2) is 14.5 Å². The average molecular weight is 409 g/mol. The molecule has 0 bridgehead atoms. The number of nitrogens with zero attached hydrogens (tertiary/aromatic N) is 3. The molecule has 1 aromatic carbocycles. The highest BCUT2D eigenvalue weighted by molar-refractivity contribution is 8.04. The standard InChI is InChI=1S/C16H16N4O3S3/c1-10(13(22)20-8-7-17-14(20)23)25-16-19-18-15(26-16)24-9-12(21)11-5-3-2-4-6-11/h2-6,10H,7-9H2,1H3,(H,17,23)/t10-/m0/s1. The molecule has 1 N–H and O–H groups in total. The minimum atomic E-state index is -0.435. The highest BCUT2D eigenvalue weighted by Crippen LogP contribution is 2.32. The summed E-state index contributed by atoms with van der Waals surface area (Å²) in [4.78, 5) is 37.2. The molecule has 2 heterocycles. The molecule has 10 heteroatoms. The number of nitrogens with one attached hydrogen (secondary N) is 1. The first-order valence-electron chi connectivity index (χ1n) is 7.85. The third-order valence-electron chi connectivity index (χ3n) is 3.56. The summed E-state index contributed by atoms with van der Waals surface area (Å²) in [5, 5.41) is 10.3. The Bertz CT molecular complexity index is 812. The van der Waals surface area contributed by atoms with E-state index in [9.17, 15) is 14.4 Å². The van der Waals surface area contributed by atoms with Crippen molar-refractivity contribution in [1.82, 2.24) is 20.4 Å². The molecule has 7 nitrogen and oxygen atoms in total. The van der Waals surface area contributed by atoms with Crippen LogP contribution in [0.25, 0.3) is 0 Å². The van der Waals surface area contributed by atoms with Gasteiger partial charge < -0.3 is 5.32 Å². The predicted molar refractivity (Wildman–Crippen MR) is 102 cm³/mol. The van der Waals surface area contributed by atoms with E-state index in [4.69, 9.17) is 0 Å². The van der Waals surface area contributed by atoms with Crippen LogP contribution in [-0.2, 0) is 4.79 Å². The number of ketones is 1. The molecule has 0 saturated carbocycles. The Morgan fingerprint density at radius 1 is 1.27 bits per heavy atom. The first kappa shape index (κ1) is 18.9. The summed E-state index contributed by atoms with van der Waals surface area (Å²) in [5.74, 6) is 0.0726. The minimum absolute atomic E-state index is 0.0311. The van der Waals surface area contributed by atoms with E-state index >= 15 is 0 Å². The molecule has 26 heavy (non-hydrogen) atoms. The fourth-order valence-electron chi connectivity index (χ4n) is 2.24. The Balaban J connectivity index is 1.52. The van der Waals surface area contributed by atoms with Crippen LogP contribution in [-0.4, -0.2) is 56.9 Å². The number of hydrogen-bond donors (Lipinski definition) is 1. The van der Waals surface area contributed by atoms with E-state index in [1.807, 2.05) is 18.2 Å². The third-order valence-corrected chi connectivity index (χ3v) is 6.79. The molecule has 0 radical (unpaired) electrons. The largest absolute Gasteiger partial charge is 0.336 e. The molecule has 1 aromatic heterocycles. The highest BCUT2D eigenvalue weighted by Gasteiger charge is 2.30. The molecule has 1 aliphatic rings. The number of Topliss-reactive ketones (excluding diaryl/α,β-unsaturated/α-hetero) is 1. The second-order valence-corrected chi connectivity index (χ2v) is 9.18. The molecule has 136 valence electrons. The average Bonchev–Trinajstić information content (AvgIpc) is 3.28. The first-order valence-corrected chi connectivity index (χ1v) is 10.5. The van der Waals surface area contributed by atoms with Gasteiger partial charge in [0.1, 0.15) is 0 Å². The van der Waals surface area contributed by atoms with Crippen molar-refractivity contribution in [2.24, 2.45) is 0 Å². The van der Waals surface area contributed by atoms with E-state index in [-0.39, 0.29) is 23.5 Å². The smallest absolute Gasteiger partial charge is 0.324 e. The summed E-state index contributed by atoms with van der Waals surface area (Å²) in [5.41, 5.74) is 0.669. The van der Waals surface area contributed by atoms with Crippen molar-refractivity contribution in [3.8, 4) is 0 Å². The van der Waals surface area contributed by atoms with Crippen LogP contribution in [0.4, 0.5) is 4.79 Å². The maximum atomic E-state index is 12.3. The van der Waals surface area contributed by atoms with Gasteiger partial charge in [0.25, 0.3) is 0 Å². The summed E-state index contributed by atoms with van der Waals surface area (Å²) in [7, 11) is 0.